The Balaban J connectivity index is 3.39. The second-order valence-electron chi connectivity index (χ2n) is 4.04. The zero-order chi connectivity index (χ0) is 11.0. The molecule has 3 heteroatoms. The highest BCUT2D eigenvalue weighted by Crippen LogP contribution is 1.99. The van der Waals surface area contributed by atoms with Gasteiger partial charge >= 0.3 is 0 Å². The molecular weight excluding hydrogens is 176 g/mol. The molecule has 0 rings (SSSR count). The van der Waals surface area contributed by atoms with Gasteiger partial charge in [0.05, 0.1) is 0 Å². The third-order valence-corrected chi connectivity index (χ3v) is 2.32. The Morgan fingerprint density at radius 1 is 1.43 bits per heavy atom. The molecule has 0 radical (unpaired) electrons. The van der Waals surface area contributed by atoms with Crippen LogP contribution in [0.3, 0.4) is 0 Å². The molecule has 1 amide bonds. The van der Waals surface area contributed by atoms with Crippen molar-refractivity contribution in [3.63, 3.8) is 0 Å². The first-order valence-electron chi connectivity index (χ1n) is 5.51. The van der Waals surface area contributed by atoms with Gasteiger partial charge in [-0.1, -0.05) is 19.8 Å². The fourth-order valence-electron chi connectivity index (χ4n) is 1.26. The second-order valence-corrected chi connectivity index (χ2v) is 4.04. The van der Waals surface area contributed by atoms with Gasteiger partial charge in [-0.3, -0.25) is 4.79 Å². The summed E-state index contributed by atoms with van der Waals surface area (Å²) in [6.45, 7) is 5.17. The first kappa shape index (κ1) is 13.4. The van der Waals surface area contributed by atoms with Gasteiger partial charge in [0.25, 0.3) is 0 Å². The van der Waals surface area contributed by atoms with Gasteiger partial charge in [0.1, 0.15) is 0 Å². The number of hydrogen-bond acceptors (Lipinski definition) is 2. The maximum atomic E-state index is 11.2. The van der Waals surface area contributed by atoms with Gasteiger partial charge in [-0.2, -0.15) is 0 Å². The molecule has 0 bridgehead atoms. The van der Waals surface area contributed by atoms with Crippen molar-refractivity contribution in [3.05, 3.63) is 0 Å². The van der Waals surface area contributed by atoms with Gasteiger partial charge in [-0.05, 0) is 13.3 Å². The molecule has 1 unspecified atom stereocenters. The van der Waals surface area contributed by atoms with Gasteiger partial charge < -0.3 is 10.2 Å². The summed E-state index contributed by atoms with van der Waals surface area (Å²) in [6, 6.07) is 0.532. The quantitative estimate of drug-likeness (QED) is 0.677. The number of hydrogen-bond donors (Lipinski definition) is 1. The average Bonchev–Trinajstić information content (AvgIpc) is 2.14. The van der Waals surface area contributed by atoms with E-state index in [1.165, 1.54) is 19.3 Å². The number of carbonyl (C=O) groups excluding carboxylic acids is 1. The van der Waals surface area contributed by atoms with Crippen LogP contribution in [0.15, 0.2) is 0 Å². The van der Waals surface area contributed by atoms with Crippen molar-refractivity contribution in [2.45, 2.75) is 45.6 Å². The van der Waals surface area contributed by atoms with Crippen LogP contribution >= 0.6 is 0 Å². The zero-order valence-corrected chi connectivity index (χ0v) is 9.97. The van der Waals surface area contributed by atoms with E-state index in [0.29, 0.717) is 12.5 Å². The van der Waals surface area contributed by atoms with Gasteiger partial charge in [0.15, 0.2) is 0 Å². The molecule has 0 aliphatic heterocycles. The fourth-order valence-corrected chi connectivity index (χ4v) is 1.26. The molecule has 84 valence electrons. The van der Waals surface area contributed by atoms with Crippen molar-refractivity contribution in [3.8, 4) is 0 Å². The summed E-state index contributed by atoms with van der Waals surface area (Å²) < 4.78 is 0. The van der Waals surface area contributed by atoms with Crippen molar-refractivity contribution in [2.75, 3.05) is 20.6 Å². The van der Waals surface area contributed by atoms with Gasteiger partial charge in [-0.15, -0.1) is 0 Å². The number of amides is 1. The minimum atomic E-state index is 0.195. The van der Waals surface area contributed by atoms with E-state index in [-0.39, 0.29) is 5.91 Å². The molecule has 0 fully saturated rings. The number of rotatable bonds is 7. The van der Waals surface area contributed by atoms with Crippen molar-refractivity contribution < 1.29 is 4.79 Å². The molecule has 0 aromatic carbocycles. The minimum Gasteiger partial charge on any atom is -0.349 e. The first-order valence-corrected chi connectivity index (χ1v) is 5.51. The Morgan fingerprint density at radius 2 is 2.07 bits per heavy atom. The Bertz CT molecular complexity index is 157. The van der Waals surface area contributed by atoms with Crippen LogP contribution in [0.4, 0.5) is 0 Å². The summed E-state index contributed by atoms with van der Waals surface area (Å²) in [5, 5.41) is 3.36. The second kappa shape index (κ2) is 7.80. The lowest BCUT2D eigenvalue weighted by Gasteiger charge is -2.14. The molecule has 0 spiro atoms. The van der Waals surface area contributed by atoms with E-state index in [1.54, 1.807) is 19.0 Å². The highest BCUT2D eigenvalue weighted by molar-refractivity contribution is 5.75. The Kier molecular flexibility index (Phi) is 7.48. The summed E-state index contributed by atoms with van der Waals surface area (Å²) >= 11 is 0. The van der Waals surface area contributed by atoms with E-state index in [9.17, 15) is 4.79 Å². The summed E-state index contributed by atoms with van der Waals surface area (Å²) in [6.07, 6.45) is 4.30. The van der Waals surface area contributed by atoms with E-state index < -0.39 is 0 Å². The Labute approximate surface area is 87.9 Å². The van der Waals surface area contributed by atoms with Crippen molar-refractivity contribution in [1.82, 2.24) is 10.2 Å². The summed E-state index contributed by atoms with van der Waals surface area (Å²) in [5.74, 6) is 0.195. The molecule has 0 aromatic heterocycles. The third kappa shape index (κ3) is 6.89. The smallest absolute Gasteiger partial charge is 0.223 e. The summed E-state index contributed by atoms with van der Waals surface area (Å²) in [7, 11) is 3.59. The van der Waals surface area contributed by atoms with Crippen LogP contribution in [0.25, 0.3) is 0 Å². The normalized spacial score (nSPS) is 12.6. The molecule has 0 saturated carbocycles. The SMILES string of the molecule is CCCCC(C)NCCC(=O)N(C)C. The highest BCUT2D eigenvalue weighted by atomic mass is 16.2. The lowest BCUT2D eigenvalue weighted by atomic mass is 10.1. The topological polar surface area (TPSA) is 32.3 Å². The maximum Gasteiger partial charge on any atom is 0.223 e. The predicted molar refractivity (Wildman–Crippen MR) is 60.3 cm³/mol. The highest BCUT2D eigenvalue weighted by Gasteiger charge is 2.04. The van der Waals surface area contributed by atoms with E-state index in [1.807, 2.05) is 0 Å². The lowest BCUT2D eigenvalue weighted by Crippen LogP contribution is -2.31. The van der Waals surface area contributed by atoms with Crippen LogP contribution in [-0.4, -0.2) is 37.5 Å². The van der Waals surface area contributed by atoms with E-state index >= 15 is 0 Å². The Hall–Kier alpha value is -0.570. The summed E-state index contributed by atoms with van der Waals surface area (Å²) in [5.41, 5.74) is 0. The average molecular weight is 200 g/mol. The van der Waals surface area contributed by atoms with E-state index in [2.05, 4.69) is 19.2 Å². The van der Waals surface area contributed by atoms with Crippen molar-refractivity contribution in [1.29, 1.82) is 0 Å². The molecule has 0 aromatic rings. The van der Waals surface area contributed by atoms with Crippen LogP contribution in [0.2, 0.25) is 0 Å². The number of unbranched alkanes of at least 4 members (excludes halogenated alkanes) is 1. The fraction of sp³-hybridized carbons (Fsp3) is 0.909. The largest absolute Gasteiger partial charge is 0.349 e. The van der Waals surface area contributed by atoms with Crippen molar-refractivity contribution in [2.24, 2.45) is 0 Å². The minimum absolute atomic E-state index is 0.195. The van der Waals surface area contributed by atoms with Crippen LogP contribution in [0.5, 0.6) is 0 Å². The molecule has 0 aliphatic rings. The van der Waals surface area contributed by atoms with Crippen LogP contribution in [0, 0.1) is 0 Å². The molecule has 1 N–H and O–H groups in total. The first-order chi connectivity index (χ1) is 6.57. The predicted octanol–water partition coefficient (Wildman–Crippen LogP) is 1.63. The molecule has 14 heavy (non-hydrogen) atoms. The molecule has 0 heterocycles. The van der Waals surface area contributed by atoms with Crippen LogP contribution < -0.4 is 5.32 Å². The molecule has 1 atom stereocenters. The standard InChI is InChI=1S/C11H24N2O/c1-5-6-7-10(2)12-9-8-11(14)13(3)4/h10,12H,5-9H2,1-4H3. The molecule has 0 aliphatic carbocycles. The number of carbonyl (C=O) groups is 1. The van der Waals surface area contributed by atoms with Gasteiger partial charge in [-0.25, -0.2) is 0 Å². The van der Waals surface area contributed by atoms with Gasteiger partial charge in [0.2, 0.25) is 5.91 Å². The van der Waals surface area contributed by atoms with Crippen molar-refractivity contribution >= 4 is 5.91 Å². The molecule has 0 saturated heterocycles. The summed E-state index contributed by atoms with van der Waals surface area (Å²) in [4.78, 5) is 12.9. The molecule has 3 nitrogen and oxygen atoms in total. The number of nitrogens with one attached hydrogen (secondary N) is 1. The lowest BCUT2D eigenvalue weighted by molar-refractivity contribution is -0.128. The van der Waals surface area contributed by atoms with Crippen LogP contribution in [-0.2, 0) is 4.79 Å². The monoisotopic (exact) mass is 200 g/mol. The number of nitrogens with zero attached hydrogens (tertiary/aromatic N) is 1. The molecular formula is C11H24N2O. The van der Waals surface area contributed by atoms with E-state index in [4.69, 9.17) is 0 Å². The zero-order valence-electron chi connectivity index (χ0n) is 9.97. The van der Waals surface area contributed by atoms with Gasteiger partial charge in [0, 0.05) is 33.1 Å². The van der Waals surface area contributed by atoms with E-state index in [0.717, 1.165) is 6.54 Å². The van der Waals surface area contributed by atoms with Crippen LogP contribution in [0.1, 0.15) is 39.5 Å². The third-order valence-electron chi connectivity index (χ3n) is 2.32. The maximum absolute atomic E-state index is 11.2. The Morgan fingerprint density at radius 3 is 2.57 bits per heavy atom.